The van der Waals surface area contributed by atoms with Gasteiger partial charge < -0.3 is 15.2 Å². The van der Waals surface area contributed by atoms with Gasteiger partial charge >= 0.3 is 11.9 Å². The number of hydrogen-bond donors (Lipinski definition) is 2. The van der Waals surface area contributed by atoms with Gasteiger partial charge in [0.2, 0.25) is 0 Å². The molecule has 0 aromatic heterocycles. The smallest absolute Gasteiger partial charge is 0.338 e. The van der Waals surface area contributed by atoms with Gasteiger partial charge in [0.1, 0.15) is 6.04 Å². The molecular weight excluding hydrogens is 238 g/mol. The van der Waals surface area contributed by atoms with Crippen LogP contribution in [0.2, 0.25) is 0 Å². The van der Waals surface area contributed by atoms with Gasteiger partial charge in [-0.15, -0.1) is 0 Å². The van der Waals surface area contributed by atoms with Crippen molar-refractivity contribution in [2.75, 3.05) is 7.11 Å². The number of hydrogen-bond acceptors (Lipinski definition) is 4. The van der Waals surface area contributed by atoms with Crippen molar-refractivity contribution in [1.29, 1.82) is 0 Å². The Bertz CT molecular complexity index is 483. The van der Waals surface area contributed by atoms with Gasteiger partial charge in [-0.2, -0.15) is 0 Å². The highest BCUT2D eigenvalue weighted by Crippen LogP contribution is 2.10. The largest absolute Gasteiger partial charge is 0.480 e. The molecule has 0 fully saturated rings. The molecule has 6 nitrogen and oxygen atoms in total. The van der Waals surface area contributed by atoms with Crippen molar-refractivity contribution in [2.45, 2.75) is 13.0 Å². The highest BCUT2D eigenvalue weighted by atomic mass is 16.5. The van der Waals surface area contributed by atoms with Gasteiger partial charge in [0, 0.05) is 0 Å². The molecule has 0 aliphatic carbocycles. The van der Waals surface area contributed by atoms with Gasteiger partial charge in [-0.25, -0.2) is 4.79 Å². The standard InChI is InChI=1S/C12H13NO5/c1-7(11(15)16)13-10(14)8-5-3-4-6-9(8)12(17)18-2/h3-7H,1-2H3,(H,13,14)(H,15,16). The van der Waals surface area contributed by atoms with Gasteiger partial charge in [0.05, 0.1) is 18.2 Å². The van der Waals surface area contributed by atoms with Crippen LogP contribution in [-0.4, -0.2) is 36.1 Å². The Morgan fingerprint density at radius 3 is 2.28 bits per heavy atom. The monoisotopic (exact) mass is 251 g/mol. The number of benzene rings is 1. The van der Waals surface area contributed by atoms with Crippen LogP contribution in [0.4, 0.5) is 0 Å². The van der Waals surface area contributed by atoms with E-state index >= 15 is 0 Å². The number of rotatable bonds is 4. The molecule has 0 saturated carbocycles. The lowest BCUT2D eigenvalue weighted by atomic mass is 10.1. The van der Waals surface area contributed by atoms with E-state index in [0.29, 0.717) is 0 Å². The molecule has 0 aliphatic heterocycles. The normalized spacial score (nSPS) is 11.4. The van der Waals surface area contributed by atoms with E-state index < -0.39 is 23.9 Å². The van der Waals surface area contributed by atoms with Gasteiger partial charge in [-0.05, 0) is 19.1 Å². The van der Waals surface area contributed by atoms with E-state index in [2.05, 4.69) is 10.1 Å². The van der Waals surface area contributed by atoms with Crippen LogP contribution >= 0.6 is 0 Å². The average Bonchev–Trinajstić information content (AvgIpc) is 2.37. The highest BCUT2D eigenvalue weighted by Gasteiger charge is 2.20. The summed E-state index contributed by atoms with van der Waals surface area (Å²) in [4.78, 5) is 33.9. The first-order valence-electron chi connectivity index (χ1n) is 5.18. The Morgan fingerprint density at radius 2 is 1.78 bits per heavy atom. The fourth-order valence-corrected chi connectivity index (χ4v) is 1.31. The molecule has 1 atom stereocenters. The Hall–Kier alpha value is -2.37. The van der Waals surface area contributed by atoms with E-state index in [-0.39, 0.29) is 11.1 Å². The van der Waals surface area contributed by atoms with Crippen LogP contribution in [0.1, 0.15) is 27.6 Å². The molecule has 0 heterocycles. The molecule has 96 valence electrons. The van der Waals surface area contributed by atoms with Crippen molar-refractivity contribution < 1.29 is 24.2 Å². The van der Waals surface area contributed by atoms with E-state index in [0.717, 1.165) is 0 Å². The summed E-state index contributed by atoms with van der Waals surface area (Å²) in [6.45, 7) is 1.33. The van der Waals surface area contributed by atoms with Crippen LogP contribution in [0.5, 0.6) is 0 Å². The second-order valence-corrected chi connectivity index (χ2v) is 3.57. The number of aliphatic carboxylic acids is 1. The molecule has 0 aliphatic rings. The third-order valence-electron chi connectivity index (χ3n) is 2.30. The van der Waals surface area contributed by atoms with Crippen LogP contribution < -0.4 is 5.32 Å². The fraction of sp³-hybridized carbons (Fsp3) is 0.250. The number of ether oxygens (including phenoxy) is 1. The second kappa shape index (κ2) is 5.81. The van der Waals surface area contributed by atoms with Crippen molar-refractivity contribution >= 4 is 17.8 Å². The number of carbonyl (C=O) groups is 3. The Labute approximate surface area is 104 Å². The molecule has 1 rings (SSSR count). The number of amides is 1. The number of esters is 1. The number of carboxylic acid groups (broad SMARTS) is 1. The van der Waals surface area contributed by atoms with Crippen LogP contribution in [0.25, 0.3) is 0 Å². The minimum absolute atomic E-state index is 0.0810. The lowest BCUT2D eigenvalue weighted by Crippen LogP contribution is -2.38. The summed E-state index contributed by atoms with van der Waals surface area (Å²) in [6, 6.07) is 4.99. The van der Waals surface area contributed by atoms with Crippen LogP contribution in [0.15, 0.2) is 24.3 Å². The molecule has 2 N–H and O–H groups in total. The van der Waals surface area contributed by atoms with E-state index in [1.165, 1.54) is 26.2 Å². The molecule has 18 heavy (non-hydrogen) atoms. The molecule has 1 unspecified atom stereocenters. The van der Waals surface area contributed by atoms with Crippen LogP contribution in [-0.2, 0) is 9.53 Å². The van der Waals surface area contributed by atoms with Crippen LogP contribution in [0, 0.1) is 0 Å². The van der Waals surface area contributed by atoms with E-state index in [1.807, 2.05) is 0 Å². The molecule has 0 spiro atoms. The second-order valence-electron chi connectivity index (χ2n) is 3.57. The molecule has 1 aromatic rings. The van der Waals surface area contributed by atoms with E-state index in [4.69, 9.17) is 5.11 Å². The third-order valence-corrected chi connectivity index (χ3v) is 2.30. The zero-order chi connectivity index (χ0) is 13.7. The first-order chi connectivity index (χ1) is 8.47. The van der Waals surface area contributed by atoms with Gasteiger partial charge in [-0.1, -0.05) is 12.1 Å². The Balaban J connectivity index is 2.99. The summed E-state index contributed by atoms with van der Waals surface area (Å²) in [5.41, 5.74) is 0.174. The van der Waals surface area contributed by atoms with Gasteiger partial charge in [-0.3, -0.25) is 9.59 Å². The van der Waals surface area contributed by atoms with E-state index in [9.17, 15) is 14.4 Å². The SMILES string of the molecule is COC(=O)c1ccccc1C(=O)NC(C)C(=O)O. The minimum atomic E-state index is -1.15. The predicted octanol–water partition coefficient (Wildman–Crippen LogP) is 0.676. The molecule has 0 bridgehead atoms. The third kappa shape index (κ3) is 3.07. The average molecular weight is 251 g/mol. The number of carbonyl (C=O) groups excluding carboxylic acids is 2. The van der Waals surface area contributed by atoms with Gasteiger partial charge in [0.25, 0.3) is 5.91 Å². The van der Waals surface area contributed by atoms with Crippen molar-refractivity contribution in [3.63, 3.8) is 0 Å². The summed E-state index contributed by atoms with van der Waals surface area (Å²) in [5.74, 6) is -2.44. The topological polar surface area (TPSA) is 92.7 Å². The first kappa shape index (κ1) is 13.7. The zero-order valence-corrected chi connectivity index (χ0v) is 9.97. The van der Waals surface area contributed by atoms with Crippen molar-refractivity contribution in [2.24, 2.45) is 0 Å². The quantitative estimate of drug-likeness (QED) is 0.767. The summed E-state index contributed by atoms with van der Waals surface area (Å²) in [5, 5.41) is 11.0. The fourth-order valence-electron chi connectivity index (χ4n) is 1.31. The lowest BCUT2D eigenvalue weighted by molar-refractivity contribution is -0.138. The maximum absolute atomic E-state index is 11.8. The molecule has 0 saturated heterocycles. The summed E-state index contributed by atoms with van der Waals surface area (Å²) >= 11 is 0. The Kier molecular flexibility index (Phi) is 4.42. The zero-order valence-electron chi connectivity index (χ0n) is 9.97. The summed E-state index contributed by atoms with van der Waals surface area (Å²) < 4.78 is 4.54. The van der Waals surface area contributed by atoms with Crippen molar-refractivity contribution in [3.05, 3.63) is 35.4 Å². The molecule has 6 heteroatoms. The number of methoxy groups -OCH3 is 1. The highest BCUT2D eigenvalue weighted by molar-refractivity contribution is 6.06. The van der Waals surface area contributed by atoms with Gasteiger partial charge in [0.15, 0.2) is 0 Å². The lowest BCUT2D eigenvalue weighted by Gasteiger charge is -2.11. The van der Waals surface area contributed by atoms with E-state index in [1.54, 1.807) is 12.1 Å². The van der Waals surface area contributed by atoms with Crippen molar-refractivity contribution in [3.8, 4) is 0 Å². The molecule has 0 radical (unpaired) electrons. The predicted molar refractivity (Wildman–Crippen MR) is 62.3 cm³/mol. The molecular formula is C12H13NO5. The first-order valence-corrected chi connectivity index (χ1v) is 5.18. The van der Waals surface area contributed by atoms with Crippen LogP contribution in [0.3, 0.4) is 0 Å². The number of nitrogens with one attached hydrogen (secondary N) is 1. The van der Waals surface area contributed by atoms with Crippen molar-refractivity contribution in [1.82, 2.24) is 5.32 Å². The maximum Gasteiger partial charge on any atom is 0.338 e. The molecule has 1 aromatic carbocycles. The summed E-state index contributed by atoms with van der Waals surface area (Å²) in [7, 11) is 1.21. The summed E-state index contributed by atoms with van der Waals surface area (Å²) in [6.07, 6.45) is 0. The molecule has 1 amide bonds. The maximum atomic E-state index is 11.8. The number of carboxylic acids is 1. The Morgan fingerprint density at radius 1 is 1.22 bits per heavy atom. The minimum Gasteiger partial charge on any atom is -0.480 e.